The predicted octanol–water partition coefficient (Wildman–Crippen LogP) is 2.25. The van der Waals surface area contributed by atoms with E-state index in [0.717, 1.165) is 5.56 Å². The molecule has 114 valence electrons. The average molecular weight is 301 g/mol. The first-order valence-corrected chi connectivity index (χ1v) is 6.63. The quantitative estimate of drug-likeness (QED) is 0.652. The molecule has 1 heterocycles. The molecule has 7 nitrogen and oxygen atoms in total. The zero-order valence-corrected chi connectivity index (χ0v) is 11.9. The zero-order valence-electron chi connectivity index (χ0n) is 11.9. The molecule has 1 aromatic carbocycles. The number of aromatic nitrogens is 1. The minimum atomic E-state index is -0.550. The number of rotatable bonds is 6. The number of amides is 1. The summed E-state index contributed by atoms with van der Waals surface area (Å²) in [7, 11) is 0. The largest absolute Gasteiger partial charge is 0.477 e. The van der Waals surface area contributed by atoms with Crippen molar-refractivity contribution in [3.63, 3.8) is 0 Å². The molecule has 0 saturated heterocycles. The molecule has 1 atom stereocenters. The normalized spacial score (nSPS) is 11.5. The van der Waals surface area contributed by atoms with Gasteiger partial charge in [-0.1, -0.05) is 18.2 Å². The SMILES string of the molecule is CC(NC(=O)COc1ccccc1[N+](=O)[O-])c1cccnc1. The van der Waals surface area contributed by atoms with Crippen LogP contribution in [0.4, 0.5) is 5.69 Å². The Morgan fingerprint density at radius 3 is 2.82 bits per heavy atom. The first-order valence-electron chi connectivity index (χ1n) is 6.63. The second-order valence-electron chi connectivity index (χ2n) is 4.59. The third kappa shape index (κ3) is 4.02. The summed E-state index contributed by atoms with van der Waals surface area (Å²) in [5.41, 5.74) is 0.692. The van der Waals surface area contributed by atoms with Gasteiger partial charge in [0.15, 0.2) is 12.4 Å². The number of ether oxygens (including phenoxy) is 1. The van der Waals surface area contributed by atoms with Gasteiger partial charge in [-0.05, 0) is 24.6 Å². The maximum atomic E-state index is 11.9. The van der Waals surface area contributed by atoms with E-state index >= 15 is 0 Å². The smallest absolute Gasteiger partial charge is 0.310 e. The summed E-state index contributed by atoms with van der Waals surface area (Å²) in [6.45, 7) is 1.52. The first kappa shape index (κ1) is 15.4. The molecule has 2 rings (SSSR count). The third-order valence-corrected chi connectivity index (χ3v) is 2.98. The van der Waals surface area contributed by atoms with Gasteiger partial charge in [0.2, 0.25) is 0 Å². The number of carbonyl (C=O) groups is 1. The fourth-order valence-electron chi connectivity index (χ4n) is 1.87. The zero-order chi connectivity index (χ0) is 15.9. The number of para-hydroxylation sites is 2. The molecule has 0 aliphatic rings. The Morgan fingerprint density at radius 2 is 2.14 bits per heavy atom. The molecule has 0 aliphatic carbocycles. The maximum absolute atomic E-state index is 11.9. The number of nitro benzene ring substituents is 1. The van der Waals surface area contributed by atoms with Gasteiger partial charge in [0, 0.05) is 18.5 Å². The van der Waals surface area contributed by atoms with E-state index in [4.69, 9.17) is 4.74 Å². The average Bonchev–Trinajstić information content (AvgIpc) is 2.54. The van der Waals surface area contributed by atoms with Crippen LogP contribution in [0.5, 0.6) is 5.75 Å². The first-order chi connectivity index (χ1) is 10.6. The number of nitrogens with zero attached hydrogens (tertiary/aromatic N) is 2. The van der Waals surface area contributed by atoms with Gasteiger partial charge in [0.1, 0.15) is 0 Å². The van der Waals surface area contributed by atoms with Crippen LogP contribution >= 0.6 is 0 Å². The molecule has 1 aromatic heterocycles. The highest BCUT2D eigenvalue weighted by atomic mass is 16.6. The van der Waals surface area contributed by atoms with E-state index in [1.807, 2.05) is 13.0 Å². The van der Waals surface area contributed by atoms with Gasteiger partial charge in [0.05, 0.1) is 11.0 Å². The van der Waals surface area contributed by atoms with E-state index in [1.165, 1.54) is 18.2 Å². The Kier molecular flexibility index (Phi) is 5.02. The van der Waals surface area contributed by atoms with E-state index in [-0.39, 0.29) is 30.0 Å². The summed E-state index contributed by atoms with van der Waals surface area (Å²) < 4.78 is 5.23. The lowest BCUT2D eigenvalue weighted by Crippen LogP contribution is -2.31. The van der Waals surface area contributed by atoms with Crippen molar-refractivity contribution in [3.8, 4) is 5.75 Å². The lowest BCUT2D eigenvalue weighted by Gasteiger charge is -2.14. The molecule has 22 heavy (non-hydrogen) atoms. The second kappa shape index (κ2) is 7.16. The van der Waals surface area contributed by atoms with Crippen LogP contribution in [0.1, 0.15) is 18.5 Å². The Hall–Kier alpha value is -2.96. The summed E-state index contributed by atoms with van der Waals surface area (Å²) in [6.07, 6.45) is 3.31. The molecular weight excluding hydrogens is 286 g/mol. The molecule has 0 bridgehead atoms. The van der Waals surface area contributed by atoms with E-state index in [1.54, 1.807) is 24.5 Å². The van der Waals surface area contributed by atoms with Gasteiger partial charge in [-0.15, -0.1) is 0 Å². The molecule has 0 saturated carbocycles. The van der Waals surface area contributed by atoms with E-state index < -0.39 is 4.92 Å². The maximum Gasteiger partial charge on any atom is 0.310 e. The molecule has 1 amide bonds. The predicted molar refractivity (Wildman–Crippen MR) is 79.4 cm³/mol. The van der Waals surface area contributed by atoms with Crippen molar-refractivity contribution >= 4 is 11.6 Å². The van der Waals surface area contributed by atoms with E-state index in [2.05, 4.69) is 10.3 Å². The van der Waals surface area contributed by atoms with Crippen molar-refractivity contribution in [3.05, 3.63) is 64.5 Å². The van der Waals surface area contributed by atoms with Crippen LogP contribution in [0, 0.1) is 10.1 Å². The summed E-state index contributed by atoms with van der Waals surface area (Å²) in [5.74, 6) is -0.300. The van der Waals surface area contributed by atoms with Crippen LogP contribution in [0.25, 0.3) is 0 Å². The highest BCUT2D eigenvalue weighted by Gasteiger charge is 2.16. The number of nitro groups is 1. The molecule has 1 unspecified atom stereocenters. The highest BCUT2D eigenvalue weighted by molar-refractivity contribution is 5.78. The van der Waals surface area contributed by atoms with Crippen LogP contribution in [0.15, 0.2) is 48.8 Å². The topological polar surface area (TPSA) is 94.4 Å². The molecule has 7 heteroatoms. The minimum Gasteiger partial charge on any atom is -0.477 e. The summed E-state index contributed by atoms with van der Waals surface area (Å²) in [4.78, 5) is 26.1. The van der Waals surface area contributed by atoms with Crippen LogP contribution < -0.4 is 10.1 Å². The van der Waals surface area contributed by atoms with Crippen molar-refractivity contribution in [1.29, 1.82) is 0 Å². The van der Waals surface area contributed by atoms with Crippen molar-refractivity contribution in [2.75, 3.05) is 6.61 Å². The van der Waals surface area contributed by atoms with Gasteiger partial charge in [0.25, 0.3) is 5.91 Å². The fourth-order valence-corrected chi connectivity index (χ4v) is 1.87. The van der Waals surface area contributed by atoms with Crippen molar-refractivity contribution < 1.29 is 14.5 Å². The number of carbonyl (C=O) groups excluding carboxylic acids is 1. The second-order valence-corrected chi connectivity index (χ2v) is 4.59. The van der Waals surface area contributed by atoms with Gasteiger partial charge in [-0.3, -0.25) is 19.9 Å². The summed E-state index contributed by atoms with van der Waals surface area (Å²) in [6, 6.07) is 9.33. The van der Waals surface area contributed by atoms with E-state index in [0.29, 0.717) is 0 Å². The Labute approximate surface area is 127 Å². The fraction of sp³-hybridized carbons (Fsp3) is 0.200. The molecule has 0 radical (unpaired) electrons. The van der Waals surface area contributed by atoms with Crippen LogP contribution in [-0.2, 0) is 4.79 Å². The van der Waals surface area contributed by atoms with E-state index in [9.17, 15) is 14.9 Å². The summed E-state index contributed by atoms with van der Waals surface area (Å²) >= 11 is 0. The lowest BCUT2D eigenvalue weighted by atomic mass is 10.1. The number of nitrogens with one attached hydrogen (secondary N) is 1. The van der Waals surface area contributed by atoms with Crippen molar-refractivity contribution in [2.24, 2.45) is 0 Å². The highest BCUT2D eigenvalue weighted by Crippen LogP contribution is 2.25. The number of hydrogen-bond donors (Lipinski definition) is 1. The standard InChI is InChI=1S/C15H15N3O4/c1-11(12-5-4-8-16-9-12)17-15(19)10-22-14-7-3-2-6-13(14)18(20)21/h2-9,11H,10H2,1H3,(H,17,19). The number of pyridine rings is 1. The van der Waals surface area contributed by atoms with Crippen LogP contribution in [0.3, 0.4) is 0 Å². The molecule has 2 aromatic rings. The minimum absolute atomic E-state index is 0.0664. The lowest BCUT2D eigenvalue weighted by molar-refractivity contribution is -0.385. The van der Waals surface area contributed by atoms with Crippen molar-refractivity contribution in [2.45, 2.75) is 13.0 Å². The Bertz CT molecular complexity index is 661. The molecule has 1 N–H and O–H groups in total. The van der Waals surface area contributed by atoms with Crippen LogP contribution in [-0.4, -0.2) is 22.4 Å². The van der Waals surface area contributed by atoms with Gasteiger partial charge >= 0.3 is 5.69 Å². The number of benzene rings is 1. The summed E-state index contributed by atoms with van der Waals surface area (Å²) in [5, 5.41) is 13.6. The molecular formula is C15H15N3O4. The van der Waals surface area contributed by atoms with Crippen LogP contribution in [0.2, 0.25) is 0 Å². The third-order valence-electron chi connectivity index (χ3n) is 2.98. The Balaban J connectivity index is 1.92. The molecule has 0 aliphatic heterocycles. The van der Waals surface area contributed by atoms with Crippen molar-refractivity contribution in [1.82, 2.24) is 10.3 Å². The Morgan fingerprint density at radius 1 is 1.36 bits per heavy atom. The van der Waals surface area contributed by atoms with Gasteiger partial charge in [-0.25, -0.2) is 0 Å². The van der Waals surface area contributed by atoms with Gasteiger partial charge < -0.3 is 10.1 Å². The van der Waals surface area contributed by atoms with Gasteiger partial charge in [-0.2, -0.15) is 0 Å². The molecule has 0 spiro atoms. The monoisotopic (exact) mass is 301 g/mol. The molecule has 0 fully saturated rings. The number of hydrogen-bond acceptors (Lipinski definition) is 5.